The minimum Gasteiger partial charge on any atom is -0.495 e. The molecule has 0 bridgehead atoms. The van der Waals surface area contributed by atoms with Crippen LogP contribution in [0.5, 0.6) is 5.75 Å². The summed E-state index contributed by atoms with van der Waals surface area (Å²) in [5.41, 5.74) is 39.0. The molecule has 0 aliphatic carbocycles. The lowest BCUT2D eigenvalue weighted by Crippen LogP contribution is -2.08. The quantitative estimate of drug-likeness (QED) is 0.0253. The molecule has 2 heterocycles. The second-order valence-electron chi connectivity index (χ2n) is 17.1. The molecule has 0 saturated carbocycles. The Morgan fingerprint density at radius 3 is 1.63 bits per heavy atom. The molecule has 9 rings (SSSR count). The molecule has 9 aromatic rings. The number of nitrogens with two attached hydrogens (primary N) is 6. The normalized spacial score (nSPS) is 11.4. The van der Waals surface area contributed by atoms with Crippen LogP contribution in [0.15, 0.2) is 147 Å². The maximum Gasteiger partial charge on any atom is 0.295 e. The number of benzene rings is 7. The van der Waals surface area contributed by atoms with Crippen LogP contribution in [0.25, 0.3) is 32.8 Å². The van der Waals surface area contributed by atoms with Crippen molar-refractivity contribution in [3.05, 3.63) is 154 Å². The molecule has 0 aliphatic heterocycles. The number of thiazole rings is 1. The van der Waals surface area contributed by atoms with Gasteiger partial charge in [0.1, 0.15) is 32.3 Å². The first kappa shape index (κ1) is 61.8. The number of rotatable bonds is 11. The molecule has 27 nitrogen and oxygen atoms in total. The minimum absolute atomic E-state index is 0.135. The number of fused-ring (bicyclic) bond motifs is 2. The van der Waals surface area contributed by atoms with Crippen LogP contribution in [0, 0.1) is 35.3 Å². The number of hydrogen-bond donors (Lipinski definition) is 12. The molecule has 0 saturated heterocycles. The molecule has 0 aliphatic rings. The van der Waals surface area contributed by atoms with Crippen LogP contribution in [-0.2, 0) is 40.5 Å². The average Bonchev–Trinajstić information content (AvgIpc) is 3.01. The van der Waals surface area contributed by atoms with Crippen molar-refractivity contribution in [1.29, 1.82) is 5.26 Å². The summed E-state index contributed by atoms with van der Waals surface area (Å²) in [5, 5.41) is 28.9. The fraction of sp³-hybridized carbons (Fsp3) is 0.0600. The predicted octanol–water partition coefficient (Wildman–Crippen LogP) is 7.94. The molecule has 0 unspecified atom stereocenters. The van der Waals surface area contributed by atoms with Gasteiger partial charge in [0.25, 0.3) is 46.2 Å². The van der Waals surface area contributed by atoms with E-state index in [4.69, 9.17) is 52.8 Å². The summed E-state index contributed by atoms with van der Waals surface area (Å²) in [7, 11) is -16.9. The third-order valence-corrected chi connectivity index (χ3v) is 15.8. The van der Waals surface area contributed by atoms with Crippen LogP contribution >= 0.6 is 11.3 Å². The minimum atomic E-state index is -4.90. The van der Waals surface area contributed by atoms with E-state index in [0.29, 0.717) is 50.3 Å². The van der Waals surface area contributed by atoms with E-state index in [-0.39, 0.29) is 43.8 Å². The molecule has 32 heteroatoms. The van der Waals surface area contributed by atoms with Gasteiger partial charge in [0.15, 0.2) is 16.8 Å². The average molecular weight is 1220 g/mol. The number of methoxy groups -OCH3 is 1. The molecule has 0 amide bonds. The van der Waals surface area contributed by atoms with E-state index >= 15 is 0 Å². The van der Waals surface area contributed by atoms with Gasteiger partial charge >= 0.3 is 0 Å². The Kier molecular flexibility index (Phi) is 18.5. The second kappa shape index (κ2) is 24.5. The number of ether oxygens (including phenoxy) is 1. The number of nitro benzene ring substituents is 1. The number of nitrogens with one attached hydrogen (secondary N) is 2. The number of nitrogen functional groups attached to an aromatic ring is 6. The number of nitrogens with zero attached hydrogens (tertiary/aromatic N) is 4. The first-order valence-electron chi connectivity index (χ1n) is 22.8. The van der Waals surface area contributed by atoms with Gasteiger partial charge in [0.2, 0.25) is 0 Å². The first-order chi connectivity index (χ1) is 38.2. The van der Waals surface area contributed by atoms with Gasteiger partial charge in [-0.3, -0.25) is 28.3 Å². The molecule has 82 heavy (non-hydrogen) atoms. The van der Waals surface area contributed by atoms with Crippen LogP contribution in [-0.4, -0.2) is 73.9 Å². The van der Waals surface area contributed by atoms with Crippen LogP contribution in [0.1, 0.15) is 16.7 Å². The highest BCUT2D eigenvalue weighted by Crippen LogP contribution is 2.37. The van der Waals surface area contributed by atoms with Crippen molar-refractivity contribution in [3.63, 3.8) is 0 Å². The molecule has 0 spiro atoms. The summed E-state index contributed by atoms with van der Waals surface area (Å²) in [6, 6.07) is 33.4. The topological polar surface area (TPSA) is 500 Å². The summed E-state index contributed by atoms with van der Waals surface area (Å²) in [6.45, 7) is 3.53. The molecular formula is C50H48N12O15S5. The standard InChI is InChI=1S/C19H17N5O6S2.C13H11N3S.C10H8N2O8S2.C8H12N2O/c1-11-16(10-20)18(22-12-2-6-14(7-3-12)31(25,26)27)24-19(17(11)21)23-13-4-8-15(9-5-13)32(28,29)30;14-12-11(16-13(15)17-12)10-6-5-8-3-1-2-4-9(8)7-10;11-5-1-7-8(9(2-5)21(15,16)17)3-6(12(13)14)4-10(7)22(18,19)20;1-5-3-7(10)8(11-2)4-6(5)9/h2-9H,21H2,1H3,(H2,22,23,24)(H,25,26,27)(H,28,29,30);1-7H,14H2,(H2,15,16);1-4H,11H2,(H,15,16,17)(H,18,19,20);3-4H,9-10H2,1-2H3. The summed E-state index contributed by atoms with van der Waals surface area (Å²) in [4.78, 5) is 16.2. The van der Waals surface area contributed by atoms with Crippen LogP contribution in [0.3, 0.4) is 0 Å². The Labute approximate surface area is 472 Å². The zero-order valence-electron chi connectivity index (χ0n) is 42.7. The predicted molar refractivity (Wildman–Crippen MR) is 312 cm³/mol. The zero-order valence-corrected chi connectivity index (χ0v) is 46.8. The molecule has 0 radical (unpaired) electrons. The SMILES string of the molecule is COc1cc(N)c(C)cc1N.Cc1c(N)c(Nc2ccc(S(=O)(=O)O)cc2)nc(Nc2ccc(S(=O)(=O)O)cc2)c1C#N.Nc1cc(S(=O)(=O)O)c2cc([N+](=O)[O-])cc(S(=O)(=O)O)c2c1.Nc1nc(-c2ccc3ccccc3c2)c(N)s1. The monoisotopic (exact) mass is 1220 g/mol. The molecule has 0 fully saturated rings. The highest BCUT2D eigenvalue weighted by atomic mass is 32.2. The Hall–Kier alpha value is -9.43. The number of nitro groups is 1. The van der Waals surface area contributed by atoms with Crippen molar-refractivity contribution in [2.24, 2.45) is 0 Å². The number of pyridine rings is 1. The zero-order chi connectivity index (χ0) is 60.8. The van der Waals surface area contributed by atoms with E-state index in [1.165, 1.54) is 70.6 Å². The third kappa shape index (κ3) is 15.1. The number of nitriles is 1. The van der Waals surface area contributed by atoms with Gasteiger partial charge in [-0.15, -0.1) is 0 Å². The number of anilines is 10. The maximum atomic E-state index is 11.4. The van der Waals surface area contributed by atoms with Crippen LogP contribution < -0.4 is 49.8 Å². The molecule has 2 aromatic heterocycles. The Morgan fingerprint density at radius 2 is 1.15 bits per heavy atom. The maximum absolute atomic E-state index is 11.4. The van der Waals surface area contributed by atoms with Gasteiger partial charge in [-0.2, -0.15) is 38.9 Å². The smallest absolute Gasteiger partial charge is 0.295 e. The second-order valence-corrected chi connectivity index (χ2v) is 23.8. The lowest BCUT2D eigenvalue weighted by Gasteiger charge is -2.16. The third-order valence-electron chi connectivity index (χ3n) is 11.5. The largest absolute Gasteiger partial charge is 0.495 e. The lowest BCUT2D eigenvalue weighted by atomic mass is 10.1. The fourth-order valence-corrected chi connectivity index (χ4v) is 10.5. The van der Waals surface area contributed by atoms with Gasteiger partial charge in [-0.1, -0.05) is 47.7 Å². The highest BCUT2D eigenvalue weighted by molar-refractivity contribution is 7.86. The summed E-state index contributed by atoms with van der Waals surface area (Å²) in [6.07, 6.45) is 0. The number of hydrogen-bond acceptors (Lipinski definition) is 23. The van der Waals surface area contributed by atoms with Crippen molar-refractivity contribution in [3.8, 4) is 23.1 Å². The number of non-ortho nitro benzene ring substituents is 1. The van der Waals surface area contributed by atoms with Crippen molar-refractivity contribution >= 4 is 135 Å². The summed E-state index contributed by atoms with van der Waals surface area (Å²) in [5.74, 6) is 0.946. The van der Waals surface area contributed by atoms with Gasteiger partial charge in [-0.25, -0.2) is 9.97 Å². The fourth-order valence-electron chi connectivity index (χ4n) is 7.46. The summed E-state index contributed by atoms with van der Waals surface area (Å²) >= 11 is 1.31. The van der Waals surface area contributed by atoms with Crippen LogP contribution in [0.4, 0.5) is 61.6 Å². The van der Waals surface area contributed by atoms with Crippen LogP contribution in [0.2, 0.25) is 0 Å². The van der Waals surface area contributed by atoms with E-state index in [1.54, 1.807) is 26.2 Å². The Morgan fingerprint density at radius 1 is 0.622 bits per heavy atom. The first-order valence-corrected chi connectivity index (χ1v) is 29.3. The molecular weight excluding hydrogens is 1170 g/mol. The van der Waals surface area contributed by atoms with Gasteiger partial charge in [0.05, 0.1) is 38.8 Å². The molecule has 0 atom stereocenters. The Bertz CT molecular complexity index is 4470. The van der Waals surface area contributed by atoms with Gasteiger partial charge in [-0.05, 0) is 109 Å². The van der Waals surface area contributed by atoms with E-state index in [9.17, 15) is 53.6 Å². The lowest BCUT2D eigenvalue weighted by molar-refractivity contribution is -0.384. The molecule has 428 valence electrons. The number of aromatic nitrogens is 2. The van der Waals surface area contributed by atoms with E-state index in [2.05, 4.69) is 44.9 Å². The van der Waals surface area contributed by atoms with Crippen molar-refractivity contribution in [2.45, 2.75) is 33.4 Å². The van der Waals surface area contributed by atoms with E-state index < -0.39 is 66.3 Å². The van der Waals surface area contributed by atoms with Crippen molar-refractivity contribution in [2.75, 3.05) is 52.1 Å². The van der Waals surface area contributed by atoms with E-state index in [0.717, 1.165) is 35.0 Å². The highest BCUT2D eigenvalue weighted by Gasteiger charge is 2.25. The number of aryl methyl sites for hydroxylation is 1. The molecule has 18 N–H and O–H groups in total. The Balaban J connectivity index is 0.000000188. The van der Waals surface area contributed by atoms with E-state index in [1.807, 2.05) is 31.2 Å². The van der Waals surface area contributed by atoms with Gasteiger partial charge < -0.3 is 49.8 Å². The summed E-state index contributed by atoms with van der Waals surface area (Å²) < 4.78 is 132. The van der Waals surface area contributed by atoms with Gasteiger partial charge in [0, 0.05) is 57.3 Å². The van der Waals surface area contributed by atoms with Crippen molar-refractivity contribution < 1.29 is 61.5 Å². The van der Waals surface area contributed by atoms with Crippen molar-refractivity contribution in [1.82, 2.24) is 9.97 Å². The molecule has 7 aromatic carbocycles.